The van der Waals surface area contributed by atoms with Crippen molar-refractivity contribution in [3.8, 4) is 17.2 Å². The minimum absolute atomic E-state index is 0.0756. The first kappa shape index (κ1) is 22.9. The van der Waals surface area contributed by atoms with Crippen molar-refractivity contribution in [2.24, 2.45) is 5.92 Å². The van der Waals surface area contributed by atoms with Gasteiger partial charge in [0, 0.05) is 11.1 Å². The number of hydrogen-bond donors (Lipinski definition) is 2. The highest BCUT2D eigenvalue weighted by molar-refractivity contribution is 5.99. The van der Waals surface area contributed by atoms with Gasteiger partial charge in [-0.15, -0.1) is 0 Å². The predicted molar refractivity (Wildman–Crippen MR) is 106 cm³/mol. The van der Waals surface area contributed by atoms with Crippen LogP contribution in [0, 0.1) is 5.92 Å². The highest BCUT2D eigenvalue weighted by atomic mass is 19.3. The van der Waals surface area contributed by atoms with Crippen LogP contribution in [-0.4, -0.2) is 32.1 Å². The van der Waals surface area contributed by atoms with E-state index in [4.69, 9.17) is 9.47 Å². The van der Waals surface area contributed by atoms with Gasteiger partial charge in [0.1, 0.15) is 5.75 Å². The molecule has 0 aliphatic heterocycles. The Morgan fingerprint density at radius 1 is 0.933 bits per heavy atom. The molecule has 0 fully saturated rings. The Kier molecular flexibility index (Phi) is 8.40. The largest absolute Gasteiger partial charge is 0.493 e. The number of carbonyl (C=O) groups is 2. The Morgan fingerprint density at radius 2 is 1.53 bits per heavy atom. The van der Waals surface area contributed by atoms with E-state index in [0.717, 1.165) is 6.42 Å². The zero-order chi connectivity index (χ0) is 22.1. The molecule has 7 nitrogen and oxygen atoms in total. The third-order valence-corrected chi connectivity index (χ3v) is 4.01. The standard InChI is InChI=1S/C21H24F2N2O5/c1-13(2)10-11-29-17-9-6-15(12-18(17)28-3)20(27)25-24-19(26)14-4-7-16(8-5-14)30-21(22)23/h4-9,12-13,21H,10-11H2,1-3H3,(H,24,26)(H,25,27). The number of alkyl halides is 2. The minimum atomic E-state index is -2.95. The Hall–Kier alpha value is -3.36. The maximum absolute atomic E-state index is 12.3. The molecule has 0 aliphatic rings. The molecule has 30 heavy (non-hydrogen) atoms. The number of benzene rings is 2. The fourth-order valence-electron chi connectivity index (χ4n) is 2.38. The average molecular weight is 422 g/mol. The maximum atomic E-state index is 12.3. The number of halogens is 2. The molecule has 0 unspecified atom stereocenters. The molecule has 0 aliphatic carbocycles. The van der Waals surface area contributed by atoms with E-state index < -0.39 is 18.4 Å². The lowest BCUT2D eigenvalue weighted by molar-refractivity contribution is -0.0498. The monoisotopic (exact) mass is 422 g/mol. The highest BCUT2D eigenvalue weighted by Crippen LogP contribution is 2.28. The smallest absolute Gasteiger partial charge is 0.387 e. The van der Waals surface area contributed by atoms with Gasteiger partial charge in [-0.3, -0.25) is 20.4 Å². The van der Waals surface area contributed by atoms with Crippen molar-refractivity contribution in [1.29, 1.82) is 0 Å². The van der Waals surface area contributed by atoms with Crippen molar-refractivity contribution in [1.82, 2.24) is 10.9 Å². The molecule has 9 heteroatoms. The molecule has 0 heterocycles. The van der Waals surface area contributed by atoms with Crippen molar-refractivity contribution in [2.75, 3.05) is 13.7 Å². The van der Waals surface area contributed by atoms with Crippen LogP contribution in [0.25, 0.3) is 0 Å². The first-order valence-corrected chi connectivity index (χ1v) is 9.26. The molecular weight excluding hydrogens is 398 g/mol. The number of rotatable bonds is 9. The molecule has 162 valence electrons. The molecule has 2 aromatic carbocycles. The molecule has 0 aromatic heterocycles. The molecule has 0 bridgehead atoms. The van der Waals surface area contributed by atoms with Crippen molar-refractivity contribution < 1.29 is 32.6 Å². The second kappa shape index (κ2) is 11.0. The molecular formula is C21H24F2N2O5. The molecule has 0 atom stereocenters. The summed E-state index contributed by atoms with van der Waals surface area (Å²) in [5.41, 5.74) is 4.95. The average Bonchev–Trinajstić information content (AvgIpc) is 2.71. The van der Waals surface area contributed by atoms with Gasteiger partial charge in [0.15, 0.2) is 11.5 Å². The van der Waals surface area contributed by atoms with E-state index in [9.17, 15) is 18.4 Å². The number of carbonyl (C=O) groups excluding carboxylic acids is 2. The van der Waals surface area contributed by atoms with Crippen LogP contribution in [0.2, 0.25) is 0 Å². The van der Waals surface area contributed by atoms with E-state index in [-0.39, 0.29) is 16.9 Å². The quantitative estimate of drug-likeness (QED) is 0.601. The van der Waals surface area contributed by atoms with Gasteiger partial charge >= 0.3 is 6.61 Å². The van der Waals surface area contributed by atoms with E-state index in [1.807, 2.05) is 0 Å². The minimum Gasteiger partial charge on any atom is -0.493 e. The van der Waals surface area contributed by atoms with Crippen molar-refractivity contribution >= 4 is 11.8 Å². The number of hydrogen-bond acceptors (Lipinski definition) is 5. The van der Waals surface area contributed by atoms with Gasteiger partial charge in [-0.25, -0.2) is 0 Å². The van der Waals surface area contributed by atoms with Crippen LogP contribution in [0.5, 0.6) is 17.2 Å². The van der Waals surface area contributed by atoms with Crippen LogP contribution in [-0.2, 0) is 0 Å². The van der Waals surface area contributed by atoms with Crippen LogP contribution < -0.4 is 25.1 Å². The zero-order valence-corrected chi connectivity index (χ0v) is 16.9. The predicted octanol–water partition coefficient (Wildman–Crippen LogP) is 3.80. The lowest BCUT2D eigenvalue weighted by atomic mass is 10.1. The van der Waals surface area contributed by atoms with E-state index in [1.54, 1.807) is 12.1 Å². The van der Waals surface area contributed by atoms with Gasteiger partial charge in [0.05, 0.1) is 13.7 Å². The summed E-state index contributed by atoms with van der Waals surface area (Å²) in [7, 11) is 1.47. The van der Waals surface area contributed by atoms with Crippen LogP contribution in [0.1, 0.15) is 41.0 Å². The molecule has 2 rings (SSSR count). The summed E-state index contributed by atoms with van der Waals surface area (Å²) < 4.78 is 39.5. The van der Waals surface area contributed by atoms with Gasteiger partial charge in [-0.05, 0) is 54.8 Å². The second-order valence-electron chi connectivity index (χ2n) is 6.71. The van der Waals surface area contributed by atoms with Gasteiger partial charge in [0.25, 0.3) is 11.8 Å². The molecule has 0 saturated carbocycles. The fourth-order valence-corrected chi connectivity index (χ4v) is 2.38. The van der Waals surface area contributed by atoms with E-state index in [1.165, 1.54) is 37.4 Å². The molecule has 0 radical (unpaired) electrons. The Labute approximate surface area is 173 Å². The first-order chi connectivity index (χ1) is 14.3. The van der Waals surface area contributed by atoms with E-state index >= 15 is 0 Å². The zero-order valence-electron chi connectivity index (χ0n) is 16.9. The summed E-state index contributed by atoms with van der Waals surface area (Å²) >= 11 is 0. The van der Waals surface area contributed by atoms with Gasteiger partial charge < -0.3 is 14.2 Å². The van der Waals surface area contributed by atoms with Gasteiger partial charge in [0.2, 0.25) is 0 Å². The topological polar surface area (TPSA) is 85.9 Å². The van der Waals surface area contributed by atoms with E-state index in [2.05, 4.69) is 29.4 Å². The Morgan fingerprint density at radius 3 is 2.10 bits per heavy atom. The highest BCUT2D eigenvalue weighted by Gasteiger charge is 2.13. The number of methoxy groups -OCH3 is 1. The molecule has 2 N–H and O–H groups in total. The lowest BCUT2D eigenvalue weighted by Crippen LogP contribution is -2.41. The van der Waals surface area contributed by atoms with Crippen molar-refractivity contribution in [3.05, 3.63) is 53.6 Å². The van der Waals surface area contributed by atoms with Crippen LogP contribution in [0.4, 0.5) is 8.78 Å². The first-order valence-electron chi connectivity index (χ1n) is 9.26. The lowest BCUT2D eigenvalue weighted by Gasteiger charge is -2.13. The molecule has 2 amide bonds. The van der Waals surface area contributed by atoms with Crippen molar-refractivity contribution in [3.63, 3.8) is 0 Å². The third kappa shape index (κ3) is 6.91. The fraction of sp³-hybridized carbons (Fsp3) is 0.333. The summed E-state index contributed by atoms with van der Waals surface area (Å²) in [5.74, 6) is 0.156. The number of nitrogens with one attached hydrogen (secondary N) is 2. The Balaban J connectivity index is 1.94. The third-order valence-electron chi connectivity index (χ3n) is 4.01. The summed E-state index contributed by atoms with van der Waals surface area (Å²) in [4.78, 5) is 24.4. The van der Waals surface area contributed by atoms with Gasteiger partial charge in [-0.2, -0.15) is 8.78 Å². The summed E-state index contributed by atoms with van der Waals surface area (Å²) in [6, 6.07) is 9.72. The number of amides is 2. The SMILES string of the molecule is COc1cc(C(=O)NNC(=O)c2ccc(OC(F)F)cc2)ccc1OCCC(C)C. The molecule has 2 aromatic rings. The number of hydrazine groups is 1. The normalized spacial score (nSPS) is 10.6. The second-order valence-corrected chi connectivity index (χ2v) is 6.71. The van der Waals surface area contributed by atoms with Crippen LogP contribution >= 0.6 is 0 Å². The summed E-state index contributed by atoms with van der Waals surface area (Å²) in [5, 5.41) is 0. The summed E-state index contributed by atoms with van der Waals surface area (Å²) in [6.45, 7) is 1.76. The number of ether oxygens (including phenoxy) is 3. The summed E-state index contributed by atoms with van der Waals surface area (Å²) in [6.07, 6.45) is 0.882. The van der Waals surface area contributed by atoms with Crippen molar-refractivity contribution in [2.45, 2.75) is 26.9 Å². The van der Waals surface area contributed by atoms with Crippen LogP contribution in [0.3, 0.4) is 0 Å². The molecule has 0 saturated heterocycles. The Bertz CT molecular complexity index is 857. The van der Waals surface area contributed by atoms with Gasteiger partial charge in [-0.1, -0.05) is 13.8 Å². The van der Waals surface area contributed by atoms with Crippen LogP contribution in [0.15, 0.2) is 42.5 Å². The maximum Gasteiger partial charge on any atom is 0.387 e. The molecule has 0 spiro atoms. The van der Waals surface area contributed by atoms with E-state index in [0.29, 0.717) is 24.0 Å².